The molecule has 0 aromatic heterocycles. The molecule has 0 heterocycles. The number of rotatable bonds is 7. The van der Waals surface area contributed by atoms with Gasteiger partial charge in [-0.2, -0.15) is 0 Å². The minimum absolute atomic E-state index is 0.0294. The molecule has 0 bridgehead atoms. The third-order valence-electron chi connectivity index (χ3n) is 6.97. The number of carboxylic acids is 1. The Balaban J connectivity index is 1.39. The van der Waals surface area contributed by atoms with Crippen molar-refractivity contribution in [1.82, 2.24) is 10.6 Å². The predicted molar refractivity (Wildman–Crippen MR) is 124 cm³/mol. The van der Waals surface area contributed by atoms with E-state index in [0.717, 1.165) is 28.7 Å². The van der Waals surface area contributed by atoms with Gasteiger partial charge in [0.15, 0.2) is 0 Å². The van der Waals surface area contributed by atoms with Crippen molar-refractivity contribution in [3.63, 3.8) is 0 Å². The maximum Gasteiger partial charge on any atom is 0.407 e. The molecule has 0 radical (unpaired) electrons. The van der Waals surface area contributed by atoms with E-state index in [9.17, 15) is 14.4 Å². The van der Waals surface area contributed by atoms with Crippen molar-refractivity contribution < 1.29 is 24.2 Å². The molecule has 174 valence electrons. The van der Waals surface area contributed by atoms with Crippen LogP contribution in [0.15, 0.2) is 48.5 Å². The Morgan fingerprint density at radius 3 is 2.30 bits per heavy atom. The van der Waals surface area contributed by atoms with Gasteiger partial charge >= 0.3 is 12.1 Å². The van der Waals surface area contributed by atoms with E-state index in [1.807, 2.05) is 31.2 Å². The fourth-order valence-electron chi connectivity index (χ4n) is 5.15. The minimum atomic E-state index is -0.965. The molecule has 7 nitrogen and oxygen atoms in total. The minimum Gasteiger partial charge on any atom is -0.481 e. The van der Waals surface area contributed by atoms with Gasteiger partial charge in [-0.25, -0.2) is 4.79 Å². The van der Waals surface area contributed by atoms with Crippen molar-refractivity contribution >= 4 is 18.0 Å². The van der Waals surface area contributed by atoms with Crippen molar-refractivity contribution in [3.05, 3.63) is 59.7 Å². The first-order valence-electron chi connectivity index (χ1n) is 11.4. The Labute approximate surface area is 193 Å². The number of hydrogen-bond acceptors (Lipinski definition) is 4. The maximum atomic E-state index is 12.9. The highest BCUT2D eigenvalue weighted by Crippen LogP contribution is 2.44. The van der Waals surface area contributed by atoms with Crippen LogP contribution in [-0.4, -0.2) is 41.8 Å². The number of carbonyl (C=O) groups excluding carboxylic acids is 2. The molecule has 7 heteroatoms. The Morgan fingerprint density at radius 2 is 1.70 bits per heavy atom. The summed E-state index contributed by atoms with van der Waals surface area (Å²) in [4.78, 5) is 36.5. The third kappa shape index (κ3) is 4.58. The molecule has 2 unspecified atom stereocenters. The van der Waals surface area contributed by atoms with Crippen LogP contribution in [0.1, 0.15) is 56.6 Å². The Kier molecular flexibility index (Phi) is 6.40. The molecule has 2 aromatic rings. The first-order chi connectivity index (χ1) is 15.8. The number of aliphatic carboxylic acids is 1. The van der Waals surface area contributed by atoms with E-state index in [-0.39, 0.29) is 30.9 Å². The molecule has 2 amide bonds. The number of benzene rings is 2. The van der Waals surface area contributed by atoms with Crippen LogP contribution in [0.25, 0.3) is 11.1 Å². The van der Waals surface area contributed by atoms with Crippen LogP contribution in [0.5, 0.6) is 0 Å². The molecule has 33 heavy (non-hydrogen) atoms. The topological polar surface area (TPSA) is 105 Å². The molecule has 2 aromatic carbocycles. The van der Waals surface area contributed by atoms with Gasteiger partial charge in [0.25, 0.3) is 0 Å². The quantitative estimate of drug-likeness (QED) is 0.590. The van der Waals surface area contributed by atoms with Crippen LogP contribution in [0, 0.1) is 5.41 Å². The molecule has 1 fully saturated rings. The van der Waals surface area contributed by atoms with E-state index in [1.165, 1.54) is 0 Å². The first kappa shape index (κ1) is 22.8. The van der Waals surface area contributed by atoms with Gasteiger partial charge < -0.3 is 20.5 Å². The second-order valence-corrected chi connectivity index (χ2v) is 9.30. The Bertz CT molecular complexity index is 1020. The zero-order valence-corrected chi connectivity index (χ0v) is 19.0. The van der Waals surface area contributed by atoms with Gasteiger partial charge in [-0.3, -0.25) is 9.59 Å². The monoisotopic (exact) mass is 450 g/mol. The zero-order chi connectivity index (χ0) is 23.6. The van der Waals surface area contributed by atoms with Crippen LogP contribution in [0.2, 0.25) is 0 Å². The lowest BCUT2D eigenvalue weighted by atomic mass is 9.83. The van der Waals surface area contributed by atoms with E-state index in [1.54, 1.807) is 6.92 Å². The normalized spacial score (nSPS) is 22.2. The molecule has 2 aliphatic rings. The number of carbonyl (C=O) groups is 3. The lowest BCUT2D eigenvalue weighted by Crippen LogP contribution is -2.53. The zero-order valence-electron chi connectivity index (χ0n) is 19.0. The standard InChI is InChI=1S/C26H30N2O5/c1-16(14-23(29)30)27-24(31)26(2)13-7-12-22(26)28-25(32)33-15-21-19-10-5-3-8-17(19)18-9-4-6-11-20(18)21/h3-6,8-11,16,21-22H,7,12-15H2,1-2H3,(H,27,31)(H,28,32)(H,29,30)/t16-,22?,26?/m1/s1. The summed E-state index contributed by atoms with van der Waals surface area (Å²) in [7, 11) is 0. The van der Waals surface area contributed by atoms with Gasteiger partial charge in [-0.15, -0.1) is 0 Å². The van der Waals surface area contributed by atoms with Gasteiger partial charge in [0, 0.05) is 18.0 Å². The van der Waals surface area contributed by atoms with Crippen LogP contribution in [0.4, 0.5) is 4.79 Å². The number of fused-ring (bicyclic) bond motifs is 3. The fraction of sp³-hybridized carbons (Fsp3) is 0.423. The third-order valence-corrected chi connectivity index (χ3v) is 6.97. The predicted octanol–water partition coefficient (Wildman–Crippen LogP) is 4.06. The number of alkyl carbamates (subject to hydrolysis) is 1. The van der Waals surface area contributed by atoms with Crippen molar-refractivity contribution in [2.24, 2.45) is 5.41 Å². The first-order valence-corrected chi connectivity index (χ1v) is 11.4. The average molecular weight is 451 g/mol. The van der Waals surface area contributed by atoms with E-state index < -0.39 is 23.5 Å². The maximum absolute atomic E-state index is 12.9. The highest BCUT2D eigenvalue weighted by atomic mass is 16.5. The average Bonchev–Trinajstić information content (AvgIpc) is 3.30. The van der Waals surface area contributed by atoms with Gasteiger partial charge in [0.1, 0.15) is 6.61 Å². The molecule has 3 atom stereocenters. The molecule has 2 aliphatic carbocycles. The van der Waals surface area contributed by atoms with Gasteiger partial charge in [0.05, 0.1) is 11.8 Å². The SMILES string of the molecule is C[C@H](CC(=O)O)NC(=O)C1(C)CCCC1NC(=O)OCC1c2ccccc2-c2ccccc21. The molecular formula is C26H30N2O5. The summed E-state index contributed by atoms with van der Waals surface area (Å²) in [6.07, 6.45) is 1.40. The highest BCUT2D eigenvalue weighted by Gasteiger charge is 2.46. The summed E-state index contributed by atoms with van der Waals surface area (Å²) < 4.78 is 5.65. The Morgan fingerprint density at radius 1 is 1.09 bits per heavy atom. The number of ether oxygens (including phenoxy) is 1. The van der Waals surface area contributed by atoms with Crippen molar-refractivity contribution in [1.29, 1.82) is 0 Å². The summed E-state index contributed by atoms with van der Waals surface area (Å²) in [5, 5.41) is 14.6. The number of amides is 2. The Hall–Kier alpha value is -3.35. The van der Waals surface area contributed by atoms with Crippen molar-refractivity contribution in [3.8, 4) is 11.1 Å². The lowest BCUT2D eigenvalue weighted by Gasteiger charge is -2.31. The summed E-state index contributed by atoms with van der Waals surface area (Å²) in [5.41, 5.74) is 3.81. The van der Waals surface area contributed by atoms with Crippen LogP contribution >= 0.6 is 0 Å². The summed E-state index contributed by atoms with van der Waals surface area (Å²) >= 11 is 0. The fourth-order valence-corrected chi connectivity index (χ4v) is 5.15. The van der Waals surface area contributed by atoms with Gasteiger partial charge in [-0.05, 0) is 48.9 Å². The van der Waals surface area contributed by atoms with E-state index >= 15 is 0 Å². The van der Waals surface area contributed by atoms with E-state index in [4.69, 9.17) is 9.84 Å². The molecule has 0 aliphatic heterocycles. The molecule has 4 rings (SSSR count). The van der Waals surface area contributed by atoms with Gasteiger partial charge in [-0.1, -0.05) is 55.0 Å². The molecule has 3 N–H and O–H groups in total. The van der Waals surface area contributed by atoms with Crippen LogP contribution in [-0.2, 0) is 14.3 Å². The number of carboxylic acid groups (broad SMARTS) is 1. The largest absolute Gasteiger partial charge is 0.481 e. The van der Waals surface area contributed by atoms with Gasteiger partial charge in [0.2, 0.25) is 5.91 Å². The van der Waals surface area contributed by atoms with E-state index in [0.29, 0.717) is 12.8 Å². The lowest BCUT2D eigenvalue weighted by molar-refractivity contribution is -0.138. The summed E-state index contributed by atoms with van der Waals surface area (Å²) in [6, 6.07) is 15.5. The van der Waals surface area contributed by atoms with Crippen LogP contribution < -0.4 is 10.6 Å². The van der Waals surface area contributed by atoms with Crippen molar-refractivity contribution in [2.45, 2.75) is 57.5 Å². The molecular weight excluding hydrogens is 420 g/mol. The number of nitrogens with one attached hydrogen (secondary N) is 2. The summed E-state index contributed by atoms with van der Waals surface area (Å²) in [5.74, 6) is -1.23. The molecule has 0 saturated heterocycles. The highest BCUT2D eigenvalue weighted by molar-refractivity contribution is 5.85. The number of hydrogen-bond donors (Lipinski definition) is 3. The van der Waals surface area contributed by atoms with Crippen LogP contribution in [0.3, 0.4) is 0 Å². The van der Waals surface area contributed by atoms with Crippen molar-refractivity contribution in [2.75, 3.05) is 6.61 Å². The second kappa shape index (κ2) is 9.25. The smallest absolute Gasteiger partial charge is 0.407 e. The summed E-state index contributed by atoms with van der Waals surface area (Å²) in [6.45, 7) is 3.70. The molecule has 0 spiro atoms. The van der Waals surface area contributed by atoms with E-state index in [2.05, 4.69) is 34.9 Å². The molecule has 1 saturated carbocycles. The second-order valence-electron chi connectivity index (χ2n) is 9.30.